The minimum Gasteiger partial charge on any atom is -0.495 e. The molecule has 7 nitrogen and oxygen atoms in total. The van der Waals surface area contributed by atoms with Gasteiger partial charge < -0.3 is 14.8 Å². The molecule has 0 aliphatic rings. The number of amides is 1. The van der Waals surface area contributed by atoms with Gasteiger partial charge in [0.1, 0.15) is 11.5 Å². The molecule has 0 bridgehead atoms. The highest BCUT2D eigenvalue weighted by atomic mass is 35.5. The fourth-order valence-electron chi connectivity index (χ4n) is 2.84. The van der Waals surface area contributed by atoms with Crippen LogP contribution in [0.15, 0.2) is 41.3 Å². The van der Waals surface area contributed by atoms with Crippen molar-refractivity contribution in [2.45, 2.75) is 38.7 Å². The van der Waals surface area contributed by atoms with Gasteiger partial charge in [-0.2, -0.15) is 4.31 Å². The van der Waals surface area contributed by atoms with Crippen LogP contribution < -0.4 is 14.8 Å². The number of nitrogens with zero attached hydrogens (tertiary/aromatic N) is 1. The van der Waals surface area contributed by atoms with Crippen molar-refractivity contribution in [2.24, 2.45) is 0 Å². The first-order valence-electron chi connectivity index (χ1n) is 9.55. The Morgan fingerprint density at radius 3 is 2.40 bits per heavy atom. The van der Waals surface area contributed by atoms with Crippen molar-refractivity contribution in [1.29, 1.82) is 0 Å². The van der Waals surface area contributed by atoms with Crippen molar-refractivity contribution in [1.82, 2.24) is 4.31 Å². The van der Waals surface area contributed by atoms with Crippen molar-refractivity contribution >= 4 is 33.2 Å². The van der Waals surface area contributed by atoms with Crippen LogP contribution in [0, 0.1) is 6.92 Å². The maximum absolute atomic E-state index is 12.8. The van der Waals surface area contributed by atoms with Gasteiger partial charge in [-0.3, -0.25) is 4.79 Å². The van der Waals surface area contributed by atoms with E-state index in [2.05, 4.69) is 5.32 Å². The van der Waals surface area contributed by atoms with Crippen molar-refractivity contribution < 1.29 is 22.7 Å². The second kappa shape index (κ2) is 10.1. The summed E-state index contributed by atoms with van der Waals surface area (Å²) in [7, 11) is -2.23. The fourth-order valence-corrected chi connectivity index (χ4v) is 4.44. The third kappa shape index (κ3) is 5.44. The third-order valence-electron chi connectivity index (χ3n) is 4.58. The lowest BCUT2D eigenvalue weighted by atomic mass is 10.2. The van der Waals surface area contributed by atoms with Gasteiger partial charge in [-0.25, -0.2) is 8.42 Å². The summed E-state index contributed by atoms with van der Waals surface area (Å²) in [5.74, 6) is 0.402. The van der Waals surface area contributed by atoms with Crippen LogP contribution in [0.5, 0.6) is 11.5 Å². The van der Waals surface area contributed by atoms with E-state index in [4.69, 9.17) is 21.1 Å². The normalized spacial score (nSPS) is 12.5. The number of hydrogen-bond donors (Lipinski definition) is 1. The molecule has 0 spiro atoms. The van der Waals surface area contributed by atoms with Gasteiger partial charge in [-0.15, -0.1) is 0 Å². The summed E-state index contributed by atoms with van der Waals surface area (Å²) in [4.78, 5) is 12.7. The first-order chi connectivity index (χ1) is 14.1. The molecule has 0 radical (unpaired) electrons. The summed E-state index contributed by atoms with van der Waals surface area (Å²) >= 11 is 6.01. The Balaban J connectivity index is 2.25. The lowest BCUT2D eigenvalue weighted by Crippen LogP contribution is -2.31. The molecule has 0 heterocycles. The van der Waals surface area contributed by atoms with Crippen molar-refractivity contribution in [3.05, 3.63) is 47.0 Å². The molecule has 1 atom stereocenters. The highest BCUT2D eigenvalue weighted by Crippen LogP contribution is 2.29. The van der Waals surface area contributed by atoms with E-state index in [1.54, 1.807) is 39.0 Å². The summed E-state index contributed by atoms with van der Waals surface area (Å²) in [6, 6.07) is 9.48. The molecule has 0 aliphatic carbocycles. The molecule has 0 fully saturated rings. The standard InChI is InChI=1S/C21H27ClN2O5S/c1-6-24(7-2)30(26,27)17-9-11-20(28-5)19(13-17)23-21(25)15(4)29-16-8-10-18(22)14(3)12-16/h8-13,15H,6-7H2,1-5H3,(H,23,25). The van der Waals surface area contributed by atoms with Crippen LogP contribution in [0.4, 0.5) is 5.69 Å². The molecule has 1 amide bonds. The number of anilines is 1. The van der Waals surface area contributed by atoms with E-state index in [-0.39, 0.29) is 10.6 Å². The van der Waals surface area contributed by atoms with Gasteiger partial charge in [0, 0.05) is 18.1 Å². The molecule has 0 aliphatic heterocycles. The predicted octanol–water partition coefficient (Wildman–Crippen LogP) is 4.09. The number of ether oxygens (including phenoxy) is 2. The zero-order chi connectivity index (χ0) is 22.5. The molecule has 1 unspecified atom stereocenters. The quantitative estimate of drug-likeness (QED) is 0.616. The van der Waals surface area contributed by atoms with Gasteiger partial charge in [0.05, 0.1) is 17.7 Å². The Hall–Kier alpha value is -2.29. The average Bonchev–Trinajstić information content (AvgIpc) is 2.71. The second-order valence-corrected chi connectivity index (χ2v) is 8.96. The van der Waals surface area contributed by atoms with Gasteiger partial charge in [-0.1, -0.05) is 25.4 Å². The molecule has 2 aromatic carbocycles. The first kappa shape index (κ1) is 24.0. The lowest BCUT2D eigenvalue weighted by molar-refractivity contribution is -0.122. The van der Waals surface area contributed by atoms with Gasteiger partial charge in [0.15, 0.2) is 6.10 Å². The Morgan fingerprint density at radius 2 is 1.83 bits per heavy atom. The summed E-state index contributed by atoms with van der Waals surface area (Å²) in [5, 5.41) is 3.30. The number of halogens is 1. The zero-order valence-corrected chi connectivity index (χ0v) is 19.3. The summed E-state index contributed by atoms with van der Waals surface area (Å²) < 4.78 is 37.9. The SMILES string of the molecule is CCN(CC)S(=O)(=O)c1ccc(OC)c(NC(=O)C(C)Oc2ccc(Cl)c(C)c2)c1. The Kier molecular flexibility index (Phi) is 8.11. The van der Waals surface area contributed by atoms with Crippen LogP contribution in [0.1, 0.15) is 26.3 Å². The Bertz CT molecular complexity index is 1010. The second-order valence-electron chi connectivity index (χ2n) is 6.61. The predicted molar refractivity (Wildman–Crippen MR) is 118 cm³/mol. The van der Waals surface area contributed by atoms with E-state index in [9.17, 15) is 13.2 Å². The summed E-state index contributed by atoms with van der Waals surface area (Å²) in [6.45, 7) is 7.67. The fraction of sp³-hybridized carbons (Fsp3) is 0.381. The van der Waals surface area contributed by atoms with Gasteiger partial charge in [0.25, 0.3) is 5.91 Å². The van der Waals surface area contributed by atoms with Gasteiger partial charge in [0.2, 0.25) is 10.0 Å². The summed E-state index contributed by atoms with van der Waals surface area (Å²) in [6.07, 6.45) is -0.835. The average molecular weight is 455 g/mol. The molecule has 1 N–H and O–H groups in total. The van der Waals surface area contributed by atoms with Crippen LogP contribution in [-0.2, 0) is 14.8 Å². The number of hydrogen-bond acceptors (Lipinski definition) is 5. The van der Waals surface area contributed by atoms with E-state index < -0.39 is 22.0 Å². The maximum Gasteiger partial charge on any atom is 0.265 e. The number of sulfonamides is 1. The van der Waals surface area contributed by atoms with E-state index in [0.717, 1.165) is 5.56 Å². The number of benzene rings is 2. The molecule has 164 valence electrons. The number of nitrogens with one attached hydrogen (secondary N) is 1. The highest BCUT2D eigenvalue weighted by molar-refractivity contribution is 7.89. The maximum atomic E-state index is 12.8. The number of carbonyl (C=O) groups is 1. The molecular formula is C21H27ClN2O5S. The number of aryl methyl sites for hydroxylation is 1. The molecule has 0 saturated carbocycles. The first-order valence-corrected chi connectivity index (χ1v) is 11.4. The van der Waals surface area contributed by atoms with Crippen molar-refractivity contribution in [2.75, 3.05) is 25.5 Å². The molecule has 0 saturated heterocycles. The minimum atomic E-state index is -3.68. The molecule has 9 heteroatoms. The largest absolute Gasteiger partial charge is 0.495 e. The van der Waals surface area contributed by atoms with Crippen LogP contribution >= 0.6 is 11.6 Å². The van der Waals surface area contributed by atoms with Crippen LogP contribution in [0.25, 0.3) is 0 Å². The topological polar surface area (TPSA) is 84.9 Å². The van der Waals surface area contributed by atoms with Crippen LogP contribution in [-0.4, -0.2) is 44.9 Å². The van der Waals surface area contributed by atoms with Crippen LogP contribution in [0.2, 0.25) is 5.02 Å². The number of rotatable bonds is 9. The Morgan fingerprint density at radius 1 is 1.17 bits per heavy atom. The van der Waals surface area contributed by atoms with E-state index >= 15 is 0 Å². The van der Waals surface area contributed by atoms with Crippen molar-refractivity contribution in [3.8, 4) is 11.5 Å². The molecule has 2 rings (SSSR count). The highest BCUT2D eigenvalue weighted by Gasteiger charge is 2.24. The Labute approximate surface area is 183 Å². The number of methoxy groups -OCH3 is 1. The lowest BCUT2D eigenvalue weighted by Gasteiger charge is -2.20. The van der Waals surface area contributed by atoms with Gasteiger partial charge in [-0.05, 0) is 55.8 Å². The molecule has 2 aromatic rings. The third-order valence-corrected chi connectivity index (χ3v) is 7.05. The van der Waals surface area contributed by atoms with Crippen LogP contribution in [0.3, 0.4) is 0 Å². The van der Waals surface area contributed by atoms with E-state index in [1.807, 2.05) is 6.92 Å². The zero-order valence-electron chi connectivity index (χ0n) is 17.7. The van der Waals surface area contributed by atoms with Gasteiger partial charge >= 0.3 is 0 Å². The number of carbonyl (C=O) groups excluding carboxylic acids is 1. The summed E-state index contributed by atoms with van der Waals surface area (Å²) in [5.41, 5.74) is 1.08. The van der Waals surface area contributed by atoms with E-state index in [1.165, 1.54) is 29.6 Å². The van der Waals surface area contributed by atoms with Crippen molar-refractivity contribution in [3.63, 3.8) is 0 Å². The molecule has 0 aromatic heterocycles. The minimum absolute atomic E-state index is 0.0733. The van der Waals surface area contributed by atoms with E-state index in [0.29, 0.717) is 29.6 Å². The molecule has 30 heavy (non-hydrogen) atoms. The monoisotopic (exact) mass is 454 g/mol. The molecular weight excluding hydrogens is 428 g/mol. The smallest absolute Gasteiger partial charge is 0.265 e.